The van der Waals surface area contributed by atoms with E-state index in [1.54, 1.807) is 4.90 Å². The van der Waals surface area contributed by atoms with Gasteiger partial charge < -0.3 is 15.4 Å². The van der Waals surface area contributed by atoms with Crippen molar-refractivity contribution in [2.24, 2.45) is 5.73 Å². The number of hydrogen-bond acceptors (Lipinski definition) is 3. The number of hydrogen-bond donors (Lipinski definition) is 1. The van der Waals surface area contributed by atoms with Crippen molar-refractivity contribution >= 4 is 6.09 Å². The summed E-state index contributed by atoms with van der Waals surface area (Å²) >= 11 is 0. The number of carbonyl (C=O) groups excluding carboxylic acids is 1. The third-order valence-electron chi connectivity index (χ3n) is 2.71. The van der Waals surface area contributed by atoms with E-state index >= 15 is 0 Å². The Morgan fingerprint density at radius 2 is 1.89 bits per heavy atom. The predicted octanol–water partition coefficient (Wildman–Crippen LogP) is 2.77. The van der Waals surface area contributed by atoms with Crippen LogP contribution in [0, 0.1) is 0 Å². The lowest BCUT2D eigenvalue weighted by molar-refractivity contribution is 0.0605. The molecular formula is C15H24N2O2. The van der Waals surface area contributed by atoms with Crippen molar-refractivity contribution in [2.45, 2.75) is 45.9 Å². The summed E-state index contributed by atoms with van der Waals surface area (Å²) < 4.78 is 5.35. The van der Waals surface area contributed by atoms with Crippen LogP contribution in [0.5, 0.6) is 0 Å². The molecule has 0 aliphatic heterocycles. The Labute approximate surface area is 115 Å². The Balaban J connectivity index is 2.62. The van der Waals surface area contributed by atoms with Gasteiger partial charge in [-0.1, -0.05) is 30.3 Å². The summed E-state index contributed by atoms with van der Waals surface area (Å²) in [7, 11) is 0. The standard InChI is InChI=1S/C15H24N2O2/c1-12(16)10-17(15(2,3)4)14(18)19-11-13-8-6-5-7-9-13/h5-9,12H,10-11,16H2,1-4H3/t12-/m1/s1. The van der Waals surface area contributed by atoms with Crippen molar-refractivity contribution in [3.05, 3.63) is 35.9 Å². The Morgan fingerprint density at radius 1 is 1.32 bits per heavy atom. The molecule has 1 aromatic carbocycles. The van der Waals surface area contributed by atoms with Crippen molar-refractivity contribution in [2.75, 3.05) is 6.54 Å². The largest absolute Gasteiger partial charge is 0.445 e. The Morgan fingerprint density at radius 3 is 2.37 bits per heavy atom. The maximum Gasteiger partial charge on any atom is 0.410 e. The van der Waals surface area contributed by atoms with Gasteiger partial charge in [-0.05, 0) is 33.3 Å². The average Bonchev–Trinajstić information content (AvgIpc) is 2.33. The molecule has 0 saturated heterocycles. The summed E-state index contributed by atoms with van der Waals surface area (Å²) in [5, 5.41) is 0. The third-order valence-corrected chi connectivity index (χ3v) is 2.71. The van der Waals surface area contributed by atoms with Gasteiger partial charge in [0.25, 0.3) is 0 Å². The van der Waals surface area contributed by atoms with Gasteiger partial charge in [0.15, 0.2) is 0 Å². The summed E-state index contributed by atoms with van der Waals surface area (Å²) in [5.74, 6) is 0. The minimum atomic E-state index is -0.325. The van der Waals surface area contributed by atoms with E-state index in [4.69, 9.17) is 10.5 Å². The lowest BCUT2D eigenvalue weighted by Gasteiger charge is -2.35. The second-order valence-electron chi connectivity index (χ2n) is 5.80. The van der Waals surface area contributed by atoms with Gasteiger partial charge in [0.05, 0.1) is 0 Å². The summed E-state index contributed by atoms with van der Waals surface area (Å²) in [6.07, 6.45) is -0.325. The van der Waals surface area contributed by atoms with Crippen LogP contribution in [0.3, 0.4) is 0 Å². The second-order valence-corrected chi connectivity index (χ2v) is 5.80. The molecule has 2 N–H and O–H groups in total. The summed E-state index contributed by atoms with van der Waals surface area (Å²) in [6, 6.07) is 9.56. The van der Waals surface area contributed by atoms with Crippen LogP contribution in [-0.2, 0) is 11.3 Å². The molecule has 4 heteroatoms. The molecule has 0 aliphatic rings. The molecular weight excluding hydrogens is 240 g/mol. The van der Waals surface area contributed by atoms with Gasteiger partial charge >= 0.3 is 6.09 Å². The Bertz CT molecular complexity index is 396. The molecule has 1 aromatic rings. The number of nitrogens with zero attached hydrogens (tertiary/aromatic N) is 1. The first-order valence-corrected chi connectivity index (χ1v) is 6.54. The molecule has 1 rings (SSSR count). The zero-order chi connectivity index (χ0) is 14.5. The molecule has 0 saturated carbocycles. The maximum atomic E-state index is 12.1. The minimum absolute atomic E-state index is 0.0801. The normalized spacial score (nSPS) is 12.9. The Kier molecular flexibility index (Phi) is 5.36. The highest BCUT2D eigenvalue weighted by Gasteiger charge is 2.28. The van der Waals surface area contributed by atoms with Crippen molar-refractivity contribution in [3.8, 4) is 0 Å². The maximum absolute atomic E-state index is 12.1. The molecule has 1 amide bonds. The van der Waals surface area contributed by atoms with E-state index in [9.17, 15) is 4.79 Å². The van der Waals surface area contributed by atoms with Crippen molar-refractivity contribution in [1.29, 1.82) is 0 Å². The lowest BCUT2D eigenvalue weighted by atomic mass is 10.1. The van der Waals surface area contributed by atoms with Crippen molar-refractivity contribution in [1.82, 2.24) is 4.90 Å². The highest BCUT2D eigenvalue weighted by atomic mass is 16.6. The average molecular weight is 264 g/mol. The third kappa shape index (κ3) is 5.30. The number of nitrogens with two attached hydrogens (primary N) is 1. The molecule has 0 spiro atoms. The van der Waals surface area contributed by atoms with E-state index in [1.807, 2.05) is 58.0 Å². The second kappa shape index (κ2) is 6.57. The smallest absolute Gasteiger partial charge is 0.410 e. The van der Waals surface area contributed by atoms with Crippen molar-refractivity contribution in [3.63, 3.8) is 0 Å². The molecule has 0 heterocycles. The zero-order valence-corrected chi connectivity index (χ0v) is 12.2. The summed E-state index contributed by atoms with van der Waals surface area (Å²) in [4.78, 5) is 13.8. The molecule has 0 bridgehead atoms. The number of rotatable bonds is 4. The molecule has 0 unspecified atom stereocenters. The topological polar surface area (TPSA) is 55.6 Å². The summed E-state index contributed by atoms with van der Waals surface area (Å²) in [6.45, 7) is 8.56. The first-order valence-electron chi connectivity index (χ1n) is 6.54. The van der Waals surface area contributed by atoms with E-state index in [1.165, 1.54) is 0 Å². The van der Waals surface area contributed by atoms with E-state index in [-0.39, 0.29) is 24.3 Å². The molecule has 0 aliphatic carbocycles. The highest BCUT2D eigenvalue weighted by molar-refractivity contribution is 5.68. The van der Waals surface area contributed by atoms with Crippen LogP contribution >= 0.6 is 0 Å². The molecule has 4 nitrogen and oxygen atoms in total. The van der Waals surface area contributed by atoms with E-state index in [0.29, 0.717) is 6.54 Å². The Hall–Kier alpha value is -1.55. The first kappa shape index (κ1) is 15.5. The molecule has 106 valence electrons. The molecule has 0 aromatic heterocycles. The fourth-order valence-electron chi connectivity index (χ4n) is 1.71. The summed E-state index contributed by atoms with van der Waals surface area (Å²) in [5.41, 5.74) is 6.46. The highest BCUT2D eigenvalue weighted by Crippen LogP contribution is 2.15. The number of ether oxygens (including phenoxy) is 1. The lowest BCUT2D eigenvalue weighted by Crippen LogP contribution is -2.50. The number of amides is 1. The molecule has 0 radical (unpaired) electrons. The van der Waals surface area contributed by atoms with Crippen LogP contribution in [0.2, 0.25) is 0 Å². The number of benzene rings is 1. The van der Waals surface area contributed by atoms with Crippen LogP contribution < -0.4 is 5.73 Å². The number of carbonyl (C=O) groups is 1. The minimum Gasteiger partial charge on any atom is -0.445 e. The van der Waals surface area contributed by atoms with Gasteiger partial charge in [-0.3, -0.25) is 0 Å². The van der Waals surface area contributed by atoms with Crippen LogP contribution in [0.25, 0.3) is 0 Å². The van der Waals surface area contributed by atoms with Gasteiger partial charge in [-0.2, -0.15) is 0 Å². The van der Waals surface area contributed by atoms with E-state index < -0.39 is 0 Å². The zero-order valence-electron chi connectivity index (χ0n) is 12.2. The molecule has 0 fully saturated rings. The van der Waals surface area contributed by atoms with Gasteiger partial charge in [0, 0.05) is 18.1 Å². The van der Waals surface area contributed by atoms with Crippen LogP contribution in [-0.4, -0.2) is 29.1 Å². The van der Waals surface area contributed by atoms with Crippen LogP contribution in [0.1, 0.15) is 33.3 Å². The molecule has 19 heavy (non-hydrogen) atoms. The van der Waals surface area contributed by atoms with Gasteiger partial charge in [-0.15, -0.1) is 0 Å². The predicted molar refractivity (Wildman–Crippen MR) is 76.7 cm³/mol. The SMILES string of the molecule is C[C@@H](N)CN(C(=O)OCc1ccccc1)C(C)(C)C. The monoisotopic (exact) mass is 264 g/mol. The van der Waals surface area contributed by atoms with Crippen molar-refractivity contribution < 1.29 is 9.53 Å². The van der Waals surface area contributed by atoms with E-state index in [0.717, 1.165) is 5.56 Å². The fraction of sp³-hybridized carbons (Fsp3) is 0.533. The quantitative estimate of drug-likeness (QED) is 0.909. The molecule has 1 atom stereocenters. The fourth-order valence-corrected chi connectivity index (χ4v) is 1.71. The van der Waals surface area contributed by atoms with E-state index in [2.05, 4.69) is 0 Å². The van der Waals surface area contributed by atoms with Crippen LogP contribution in [0.15, 0.2) is 30.3 Å². The van der Waals surface area contributed by atoms with Gasteiger partial charge in [-0.25, -0.2) is 4.79 Å². The van der Waals surface area contributed by atoms with Gasteiger partial charge in [0.2, 0.25) is 0 Å². The van der Waals surface area contributed by atoms with Gasteiger partial charge in [0.1, 0.15) is 6.61 Å². The van der Waals surface area contributed by atoms with Crippen LogP contribution in [0.4, 0.5) is 4.79 Å². The first-order chi connectivity index (χ1) is 8.80.